The summed E-state index contributed by atoms with van der Waals surface area (Å²) in [6.07, 6.45) is 2.81. The molecule has 20 heavy (non-hydrogen) atoms. The normalized spacial score (nSPS) is 17.0. The highest BCUT2D eigenvalue weighted by Gasteiger charge is 2.21. The van der Waals surface area contributed by atoms with Crippen molar-refractivity contribution in [1.82, 2.24) is 0 Å². The smallest absolute Gasteiger partial charge is 0.163 e. The van der Waals surface area contributed by atoms with Crippen molar-refractivity contribution in [2.24, 2.45) is 5.73 Å². The molecule has 1 aliphatic heterocycles. The Morgan fingerprint density at radius 3 is 2.60 bits per heavy atom. The van der Waals surface area contributed by atoms with Gasteiger partial charge in [0, 0.05) is 18.4 Å². The van der Waals surface area contributed by atoms with Crippen molar-refractivity contribution < 1.29 is 14.2 Å². The fraction of sp³-hybridized carbons (Fsp3) is 0.625. The molecule has 0 spiro atoms. The second kappa shape index (κ2) is 6.46. The van der Waals surface area contributed by atoms with Gasteiger partial charge in [0.15, 0.2) is 11.5 Å². The summed E-state index contributed by atoms with van der Waals surface area (Å²) in [5.74, 6) is 1.61. The first-order valence-electron chi connectivity index (χ1n) is 7.19. The van der Waals surface area contributed by atoms with Gasteiger partial charge in [-0.3, -0.25) is 0 Å². The summed E-state index contributed by atoms with van der Waals surface area (Å²) in [5.41, 5.74) is 6.93. The van der Waals surface area contributed by atoms with E-state index < -0.39 is 0 Å². The Morgan fingerprint density at radius 2 is 2.00 bits per heavy atom. The summed E-state index contributed by atoms with van der Waals surface area (Å²) < 4.78 is 17.0. The Bertz CT molecular complexity index is 434. The maximum absolute atomic E-state index is 6.11. The van der Waals surface area contributed by atoms with Crippen LogP contribution in [0.1, 0.15) is 32.3 Å². The van der Waals surface area contributed by atoms with Crippen LogP contribution in [0.2, 0.25) is 0 Å². The van der Waals surface area contributed by atoms with Crippen LogP contribution in [0.4, 0.5) is 0 Å². The summed E-state index contributed by atoms with van der Waals surface area (Å²) in [6, 6.07) is 6.00. The second-order valence-electron chi connectivity index (χ2n) is 6.04. The first-order valence-corrected chi connectivity index (χ1v) is 7.19. The minimum Gasteiger partial charge on any atom is -0.493 e. The van der Waals surface area contributed by atoms with Crippen LogP contribution >= 0.6 is 0 Å². The number of rotatable bonds is 5. The second-order valence-corrected chi connectivity index (χ2v) is 6.04. The third kappa shape index (κ3) is 4.12. The van der Waals surface area contributed by atoms with E-state index in [0.29, 0.717) is 0 Å². The van der Waals surface area contributed by atoms with E-state index in [2.05, 4.69) is 0 Å². The van der Waals surface area contributed by atoms with Gasteiger partial charge in [0.05, 0.1) is 20.3 Å². The molecule has 1 saturated heterocycles. The lowest BCUT2D eigenvalue weighted by Gasteiger charge is -2.26. The summed E-state index contributed by atoms with van der Waals surface area (Å²) in [7, 11) is 1.68. The molecule has 0 unspecified atom stereocenters. The Kier molecular flexibility index (Phi) is 4.89. The van der Waals surface area contributed by atoms with Crippen molar-refractivity contribution in [2.75, 3.05) is 20.3 Å². The van der Waals surface area contributed by atoms with Gasteiger partial charge in [-0.2, -0.15) is 0 Å². The zero-order valence-electron chi connectivity index (χ0n) is 12.6. The quantitative estimate of drug-likeness (QED) is 0.900. The van der Waals surface area contributed by atoms with Crippen LogP contribution in [0.15, 0.2) is 18.2 Å². The third-order valence-corrected chi connectivity index (χ3v) is 3.37. The van der Waals surface area contributed by atoms with Gasteiger partial charge in [-0.25, -0.2) is 0 Å². The lowest BCUT2D eigenvalue weighted by molar-refractivity contribution is 0.0245. The predicted molar refractivity (Wildman–Crippen MR) is 79.4 cm³/mol. The van der Waals surface area contributed by atoms with Crippen LogP contribution in [0.3, 0.4) is 0 Å². The van der Waals surface area contributed by atoms with Crippen LogP contribution in [0.25, 0.3) is 0 Å². The first kappa shape index (κ1) is 15.1. The molecule has 112 valence electrons. The molecule has 1 aromatic carbocycles. The molecular weight excluding hydrogens is 254 g/mol. The van der Waals surface area contributed by atoms with Crippen LogP contribution < -0.4 is 15.2 Å². The molecule has 0 atom stereocenters. The van der Waals surface area contributed by atoms with Crippen molar-refractivity contribution in [1.29, 1.82) is 0 Å². The van der Waals surface area contributed by atoms with Crippen molar-refractivity contribution >= 4 is 0 Å². The molecular formula is C16H25NO3. The lowest BCUT2D eigenvalue weighted by Crippen LogP contribution is -2.34. The van der Waals surface area contributed by atoms with Gasteiger partial charge in [-0.1, -0.05) is 12.1 Å². The molecule has 0 aliphatic carbocycles. The standard InChI is InChI=1S/C16H25NO3/c1-16(2,17)11-12-5-4-6-14(15(12)18-3)20-13-7-9-19-10-8-13/h4-6,13H,7-11,17H2,1-3H3. The fourth-order valence-corrected chi connectivity index (χ4v) is 2.49. The van der Waals surface area contributed by atoms with Crippen LogP contribution in [0, 0.1) is 0 Å². The summed E-state index contributed by atoms with van der Waals surface area (Å²) >= 11 is 0. The molecule has 0 amide bonds. The molecule has 1 aliphatic rings. The molecule has 1 heterocycles. The zero-order valence-corrected chi connectivity index (χ0v) is 12.6. The van der Waals surface area contributed by atoms with Crippen LogP contribution in [-0.2, 0) is 11.2 Å². The Hall–Kier alpha value is -1.26. The predicted octanol–water partition coefficient (Wildman–Crippen LogP) is 2.53. The largest absolute Gasteiger partial charge is 0.493 e. The number of para-hydroxylation sites is 1. The van der Waals surface area contributed by atoms with E-state index in [9.17, 15) is 0 Å². The maximum atomic E-state index is 6.11. The van der Waals surface area contributed by atoms with E-state index in [1.165, 1.54) is 0 Å². The highest BCUT2D eigenvalue weighted by atomic mass is 16.5. The van der Waals surface area contributed by atoms with Crippen molar-refractivity contribution in [3.63, 3.8) is 0 Å². The first-order chi connectivity index (χ1) is 9.49. The number of nitrogens with two attached hydrogens (primary N) is 1. The number of hydrogen-bond donors (Lipinski definition) is 1. The highest BCUT2D eigenvalue weighted by molar-refractivity contribution is 5.47. The number of hydrogen-bond acceptors (Lipinski definition) is 4. The van der Waals surface area contributed by atoms with E-state index >= 15 is 0 Å². The number of methoxy groups -OCH3 is 1. The van der Waals surface area contributed by atoms with Crippen LogP contribution in [0.5, 0.6) is 11.5 Å². The average molecular weight is 279 g/mol. The van der Waals surface area contributed by atoms with Crippen LogP contribution in [-0.4, -0.2) is 32.0 Å². The molecule has 1 aromatic rings. The minimum atomic E-state index is -0.273. The third-order valence-electron chi connectivity index (χ3n) is 3.37. The van der Waals surface area contributed by atoms with Crippen molar-refractivity contribution in [2.45, 2.75) is 44.8 Å². The van der Waals surface area contributed by atoms with E-state index in [-0.39, 0.29) is 11.6 Å². The van der Waals surface area contributed by atoms with E-state index in [1.807, 2.05) is 32.0 Å². The number of benzene rings is 1. The van der Waals surface area contributed by atoms with E-state index in [1.54, 1.807) is 7.11 Å². The van der Waals surface area contributed by atoms with E-state index in [0.717, 1.165) is 49.5 Å². The summed E-state index contributed by atoms with van der Waals surface area (Å²) in [6.45, 7) is 5.56. The number of ether oxygens (including phenoxy) is 3. The van der Waals surface area contributed by atoms with Gasteiger partial charge in [0.1, 0.15) is 6.10 Å². The molecule has 0 aromatic heterocycles. The monoisotopic (exact) mass is 279 g/mol. The molecule has 0 radical (unpaired) electrons. The minimum absolute atomic E-state index is 0.207. The lowest BCUT2D eigenvalue weighted by atomic mass is 9.95. The Morgan fingerprint density at radius 1 is 1.30 bits per heavy atom. The van der Waals surface area contributed by atoms with Gasteiger partial charge in [0.25, 0.3) is 0 Å². The molecule has 0 saturated carbocycles. The van der Waals surface area contributed by atoms with Gasteiger partial charge in [-0.05, 0) is 31.9 Å². The zero-order chi connectivity index (χ0) is 14.6. The summed E-state index contributed by atoms with van der Waals surface area (Å²) in [5, 5.41) is 0. The highest BCUT2D eigenvalue weighted by Crippen LogP contribution is 2.34. The Labute approximate surface area is 121 Å². The molecule has 0 bridgehead atoms. The Balaban J connectivity index is 2.17. The molecule has 2 N–H and O–H groups in total. The van der Waals surface area contributed by atoms with Gasteiger partial charge >= 0.3 is 0 Å². The SMILES string of the molecule is COc1c(CC(C)(C)N)cccc1OC1CCOCC1. The summed E-state index contributed by atoms with van der Waals surface area (Å²) in [4.78, 5) is 0. The molecule has 4 heteroatoms. The van der Waals surface area contributed by atoms with E-state index in [4.69, 9.17) is 19.9 Å². The van der Waals surface area contributed by atoms with Crippen molar-refractivity contribution in [3.05, 3.63) is 23.8 Å². The topological polar surface area (TPSA) is 53.7 Å². The van der Waals surface area contributed by atoms with Crippen molar-refractivity contribution in [3.8, 4) is 11.5 Å². The fourth-order valence-electron chi connectivity index (χ4n) is 2.49. The average Bonchev–Trinajstić information content (AvgIpc) is 2.38. The maximum Gasteiger partial charge on any atom is 0.163 e. The van der Waals surface area contributed by atoms with Gasteiger partial charge in [-0.15, -0.1) is 0 Å². The molecule has 4 nitrogen and oxygen atoms in total. The molecule has 2 rings (SSSR count). The molecule has 1 fully saturated rings. The van der Waals surface area contributed by atoms with Gasteiger partial charge in [0.2, 0.25) is 0 Å². The van der Waals surface area contributed by atoms with Gasteiger partial charge < -0.3 is 19.9 Å².